The second kappa shape index (κ2) is 8.79. The number of thioether (sulfide) groups is 1. The van der Waals surface area contributed by atoms with Crippen LogP contribution < -0.4 is 0 Å². The number of piperazine rings is 1. The lowest BCUT2D eigenvalue weighted by Gasteiger charge is -2.36. The van der Waals surface area contributed by atoms with Crippen molar-refractivity contribution < 1.29 is 0 Å². The molecule has 0 aliphatic carbocycles. The Balaban J connectivity index is 1.60. The maximum Gasteiger partial charge on any atom is 0.0409 e. The van der Waals surface area contributed by atoms with E-state index < -0.39 is 0 Å². The molecule has 1 aliphatic heterocycles. The van der Waals surface area contributed by atoms with Crippen LogP contribution in [0.4, 0.5) is 0 Å². The van der Waals surface area contributed by atoms with Gasteiger partial charge in [-0.2, -0.15) is 0 Å². The summed E-state index contributed by atoms with van der Waals surface area (Å²) in [6, 6.07) is 16.9. The first-order valence-electron chi connectivity index (χ1n) is 8.70. The Morgan fingerprint density at radius 1 is 1.08 bits per heavy atom. The highest BCUT2D eigenvalue weighted by molar-refractivity contribution is 7.98. The maximum atomic E-state index is 6.09. The summed E-state index contributed by atoms with van der Waals surface area (Å²) in [4.78, 5) is 6.28. The average molecular weight is 373 g/mol. The van der Waals surface area contributed by atoms with Crippen LogP contribution in [0, 0.1) is 0 Å². The highest BCUT2D eigenvalue weighted by atomic mass is 35.5. The fraction of sp³-hybridized carbons (Fsp3) is 0.333. The average Bonchev–Trinajstić information content (AvgIpc) is 2.61. The first-order valence-corrected chi connectivity index (χ1v) is 10.1. The fourth-order valence-corrected chi connectivity index (χ4v) is 4.30. The van der Waals surface area contributed by atoms with Gasteiger partial charge in [-0.3, -0.25) is 4.90 Å². The number of rotatable bonds is 6. The number of allylic oxidation sites excluding steroid dienone is 1. The van der Waals surface area contributed by atoms with Crippen LogP contribution in [0.1, 0.15) is 18.1 Å². The maximum absolute atomic E-state index is 6.09. The molecule has 25 heavy (non-hydrogen) atoms. The number of hydrogen-bond acceptors (Lipinski definition) is 3. The number of halogens is 1. The van der Waals surface area contributed by atoms with E-state index in [4.69, 9.17) is 11.6 Å². The third-order valence-electron chi connectivity index (χ3n) is 4.56. The molecule has 2 aromatic carbocycles. The molecule has 0 aromatic heterocycles. The van der Waals surface area contributed by atoms with Crippen molar-refractivity contribution in [2.24, 2.45) is 0 Å². The molecular formula is C21H25ClN2S. The summed E-state index contributed by atoms with van der Waals surface area (Å²) >= 11 is 7.99. The summed E-state index contributed by atoms with van der Waals surface area (Å²) < 4.78 is 0. The number of nitrogens with zero attached hydrogens (tertiary/aromatic N) is 2. The molecule has 0 saturated carbocycles. The molecule has 0 unspecified atom stereocenters. The molecule has 0 bridgehead atoms. The summed E-state index contributed by atoms with van der Waals surface area (Å²) in [6.07, 6.45) is 0. The minimum Gasteiger partial charge on any atom is -0.373 e. The zero-order valence-corrected chi connectivity index (χ0v) is 16.3. The van der Waals surface area contributed by atoms with Gasteiger partial charge in [-0.1, -0.05) is 48.5 Å². The van der Waals surface area contributed by atoms with Gasteiger partial charge in [0.05, 0.1) is 0 Å². The lowest BCUT2D eigenvalue weighted by molar-refractivity contribution is 0.152. The van der Waals surface area contributed by atoms with E-state index in [-0.39, 0.29) is 0 Å². The fourth-order valence-electron chi connectivity index (χ4n) is 3.09. The van der Waals surface area contributed by atoms with Crippen LogP contribution >= 0.6 is 23.4 Å². The highest BCUT2D eigenvalue weighted by Gasteiger charge is 2.17. The van der Waals surface area contributed by atoms with Gasteiger partial charge in [-0.05, 0) is 36.2 Å². The van der Waals surface area contributed by atoms with E-state index >= 15 is 0 Å². The van der Waals surface area contributed by atoms with Crippen molar-refractivity contribution in [3.05, 3.63) is 77.0 Å². The van der Waals surface area contributed by atoms with Gasteiger partial charge in [0.15, 0.2) is 0 Å². The van der Waals surface area contributed by atoms with E-state index in [1.807, 2.05) is 30.0 Å². The van der Waals surface area contributed by atoms with Crippen LogP contribution in [0.3, 0.4) is 0 Å². The van der Waals surface area contributed by atoms with Crippen LogP contribution in [0.15, 0.2) is 65.7 Å². The van der Waals surface area contributed by atoms with E-state index in [2.05, 4.69) is 53.6 Å². The third kappa shape index (κ3) is 5.27. The van der Waals surface area contributed by atoms with Crippen LogP contribution in [-0.4, -0.2) is 36.0 Å². The second-order valence-electron chi connectivity index (χ2n) is 6.52. The normalized spacial score (nSPS) is 15.4. The van der Waals surface area contributed by atoms with Crippen molar-refractivity contribution in [2.75, 3.05) is 26.2 Å². The van der Waals surface area contributed by atoms with Crippen LogP contribution in [-0.2, 0) is 12.3 Å². The molecule has 1 fully saturated rings. The lowest BCUT2D eigenvalue weighted by Crippen LogP contribution is -2.44. The minimum absolute atomic E-state index is 0.807. The largest absolute Gasteiger partial charge is 0.373 e. The SMILES string of the molecule is C=C(C)N1CCN(Cc2ccccc2SCc2cccc(Cl)c2)CC1. The van der Waals surface area contributed by atoms with Crippen molar-refractivity contribution in [2.45, 2.75) is 24.1 Å². The molecule has 4 heteroatoms. The molecule has 0 radical (unpaired) electrons. The van der Waals surface area contributed by atoms with Gasteiger partial charge in [0.2, 0.25) is 0 Å². The third-order valence-corrected chi connectivity index (χ3v) is 5.98. The van der Waals surface area contributed by atoms with Crippen molar-refractivity contribution in [1.29, 1.82) is 0 Å². The lowest BCUT2D eigenvalue weighted by atomic mass is 10.2. The first-order chi connectivity index (χ1) is 12.1. The molecule has 2 aromatic rings. The van der Waals surface area contributed by atoms with Crippen molar-refractivity contribution in [1.82, 2.24) is 9.80 Å². The molecule has 0 amide bonds. The predicted octanol–water partition coefficient (Wildman–Crippen LogP) is 5.28. The molecular weight excluding hydrogens is 348 g/mol. The molecule has 132 valence electrons. The van der Waals surface area contributed by atoms with Crippen LogP contribution in [0.2, 0.25) is 5.02 Å². The Morgan fingerprint density at radius 3 is 2.56 bits per heavy atom. The molecule has 1 saturated heterocycles. The van der Waals surface area contributed by atoms with Crippen molar-refractivity contribution in [3.8, 4) is 0 Å². The van der Waals surface area contributed by atoms with Crippen molar-refractivity contribution in [3.63, 3.8) is 0 Å². The van der Waals surface area contributed by atoms with Crippen LogP contribution in [0.25, 0.3) is 0 Å². The van der Waals surface area contributed by atoms with Gasteiger partial charge < -0.3 is 4.90 Å². The van der Waals surface area contributed by atoms with Gasteiger partial charge in [0.1, 0.15) is 0 Å². The smallest absolute Gasteiger partial charge is 0.0409 e. The molecule has 0 N–H and O–H groups in total. The van der Waals surface area contributed by atoms with Gasteiger partial charge in [-0.15, -0.1) is 11.8 Å². The van der Waals surface area contributed by atoms with E-state index in [1.54, 1.807) is 0 Å². The quantitative estimate of drug-likeness (QED) is 0.636. The van der Waals surface area contributed by atoms with Crippen molar-refractivity contribution >= 4 is 23.4 Å². The predicted molar refractivity (Wildman–Crippen MR) is 109 cm³/mol. The number of benzene rings is 2. The standard InChI is InChI=1S/C21H25ClN2S/c1-17(2)24-12-10-23(11-13-24)15-19-7-3-4-9-21(19)25-16-18-6-5-8-20(22)14-18/h3-9,14H,1,10-13,15-16H2,2H3. The topological polar surface area (TPSA) is 6.48 Å². The summed E-state index contributed by atoms with van der Waals surface area (Å²) in [5.41, 5.74) is 3.86. The summed E-state index contributed by atoms with van der Waals surface area (Å²) in [6.45, 7) is 11.5. The molecule has 1 heterocycles. The zero-order valence-electron chi connectivity index (χ0n) is 14.7. The van der Waals surface area contributed by atoms with E-state index in [0.717, 1.165) is 43.5 Å². The van der Waals surface area contributed by atoms with E-state index in [0.29, 0.717) is 0 Å². The van der Waals surface area contributed by atoms with E-state index in [1.165, 1.54) is 21.7 Å². The Bertz CT molecular complexity index is 723. The van der Waals surface area contributed by atoms with Gasteiger partial charge in [0.25, 0.3) is 0 Å². The Labute approximate surface area is 160 Å². The van der Waals surface area contributed by atoms with E-state index in [9.17, 15) is 0 Å². The second-order valence-corrected chi connectivity index (χ2v) is 7.98. The summed E-state index contributed by atoms with van der Waals surface area (Å²) in [7, 11) is 0. The summed E-state index contributed by atoms with van der Waals surface area (Å²) in [5.74, 6) is 0.945. The van der Waals surface area contributed by atoms with Gasteiger partial charge >= 0.3 is 0 Å². The molecule has 2 nitrogen and oxygen atoms in total. The molecule has 3 rings (SSSR count). The monoisotopic (exact) mass is 372 g/mol. The Hall–Kier alpha value is -1.42. The number of hydrogen-bond donors (Lipinski definition) is 0. The molecule has 0 spiro atoms. The van der Waals surface area contributed by atoms with Gasteiger partial charge in [-0.25, -0.2) is 0 Å². The zero-order chi connectivity index (χ0) is 17.6. The van der Waals surface area contributed by atoms with Gasteiger partial charge in [0, 0.05) is 54.1 Å². The Morgan fingerprint density at radius 2 is 1.84 bits per heavy atom. The highest BCUT2D eigenvalue weighted by Crippen LogP contribution is 2.28. The minimum atomic E-state index is 0.807. The molecule has 0 atom stereocenters. The summed E-state index contributed by atoms with van der Waals surface area (Å²) in [5, 5.41) is 0.807. The molecule has 1 aliphatic rings. The Kier molecular flexibility index (Phi) is 6.46. The van der Waals surface area contributed by atoms with Crippen LogP contribution in [0.5, 0.6) is 0 Å². The first kappa shape index (κ1) is 18.4.